The van der Waals surface area contributed by atoms with Crippen molar-refractivity contribution in [1.29, 1.82) is 0 Å². The van der Waals surface area contributed by atoms with E-state index in [2.05, 4.69) is 33.3 Å². The van der Waals surface area contributed by atoms with E-state index in [1.807, 2.05) is 66.7 Å². The Kier molecular flexibility index (Phi) is 8.14. The highest BCUT2D eigenvalue weighted by atomic mass is 79.9. The van der Waals surface area contributed by atoms with Crippen molar-refractivity contribution in [3.63, 3.8) is 0 Å². The maximum absolute atomic E-state index is 13.7. The van der Waals surface area contributed by atoms with Gasteiger partial charge in [0.15, 0.2) is 0 Å². The van der Waals surface area contributed by atoms with E-state index in [-0.39, 0.29) is 24.7 Å². The molecule has 1 aliphatic carbocycles. The summed E-state index contributed by atoms with van der Waals surface area (Å²) >= 11 is 3.75. The third kappa shape index (κ3) is 5.13. The second kappa shape index (κ2) is 12.0. The van der Waals surface area contributed by atoms with Crippen molar-refractivity contribution in [3.05, 3.63) is 93.5 Å². The van der Waals surface area contributed by atoms with Gasteiger partial charge in [-0.05, 0) is 57.4 Å². The van der Waals surface area contributed by atoms with Gasteiger partial charge < -0.3 is 29.6 Å². The van der Waals surface area contributed by atoms with Crippen molar-refractivity contribution < 1.29 is 24.2 Å². The lowest BCUT2D eigenvalue weighted by molar-refractivity contribution is 0.0488. The van der Waals surface area contributed by atoms with Gasteiger partial charge in [-0.2, -0.15) is 0 Å². The summed E-state index contributed by atoms with van der Waals surface area (Å²) in [5.74, 6) is 1.53. The Hall–Kier alpha value is -3.56. The largest absolute Gasteiger partial charge is 0.495 e. The van der Waals surface area contributed by atoms with Gasteiger partial charge in [-0.3, -0.25) is 0 Å². The fourth-order valence-electron chi connectivity index (χ4n) is 6.95. The number of methoxy groups -OCH3 is 1. The molecule has 4 atom stereocenters. The molecule has 2 heterocycles. The van der Waals surface area contributed by atoms with Crippen molar-refractivity contribution in [2.45, 2.75) is 63.4 Å². The zero-order chi connectivity index (χ0) is 29.3. The molecule has 1 saturated carbocycles. The number of nitrogens with one attached hydrogen (secondary N) is 1. The Morgan fingerprint density at radius 1 is 1.14 bits per heavy atom. The maximum atomic E-state index is 13.7. The number of benzene rings is 3. The summed E-state index contributed by atoms with van der Waals surface area (Å²) in [7, 11) is 1.63. The standard InChI is InChI=1S/C33H36BrN3O5/c1-21-13-25(36-41-20-23-11-7-4-8-12-23)15-28-33(21)16-26(19-38)37(32(39)35-17-22-9-5-3-6-10-22)18-24-14-27(40-2)30(34)31(42-28)29(24)33/h3-12,14,21,26,28,38H,13,15-20H2,1-2H3,(H,35,39)/t21-,26+,28-,33+/m1/s1. The summed E-state index contributed by atoms with van der Waals surface area (Å²) in [5.41, 5.74) is 4.70. The summed E-state index contributed by atoms with van der Waals surface area (Å²) in [6, 6.07) is 21.2. The minimum atomic E-state index is -0.417. The molecular formula is C33H36BrN3O5. The molecular weight excluding hydrogens is 598 g/mol. The molecule has 3 aliphatic rings. The molecule has 3 aromatic rings. The lowest BCUT2D eigenvalue weighted by atomic mass is 9.59. The Morgan fingerprint density at radius 3 is 2.55 bits per heavy atom. The molecule has 2 N–H and O–H groups in total. The van der Waals surface area contributed by atoms with Crippen LogP contribution < -0.4 is 14.8 Å². The summed E-state index contributed by atoms with van der Waals surface area (Å²) < 4.78 is 13.2. The maximum Gasteiger partial charge on any atom is 0.318 e. The van der Waals surface area contributed by atoms with E-state index in [9.17, 15) is 9.90 Å². The molecule has 0 aromatic heterocycles. The minimum Gasteiger partial charge on any atom is -0.495 e. The minimum absolute atomic E-state index is 0.122. The normalized spacial score (nSPS) is 25.2. The van der Waals surface area contributed by atoms with Crippen molar-refractivity contribution in [2.24, 2.45) is 11.1 Å². The van der Waals surface area contributed by atoms with Crippen molar-refractivity contribution in [3.8, 4) is 11.5 Å². The van der Waals surface area contributed by atoms with Gasteiger partial charge in [0.2, 0.25) is 0 Å². The van der Waals surface area contributed by atoms with Gasteiger partial charge in [-0.15, -0.1) is 0 Å². The van der Waals surface area contributed by atoms with Crippen LogP contribution >= 0.6 is 15.9 Å². The predicted molar refractivity (Wildman–Crippen MR) is 164 cm³/mol. The monoisotopic (exact) mass is 633 g/mol. The van der Waals surface area contributed by atoms with Gasteiger partial charge in [-0.1, -0.05) is 72.7 Å². The number of ether oxygens (including phenoxy) is 2. The third-order valence-corrected chi connectivity index (χ3v) is 9.76. The molecule has 0 saturated heterocycles. The van der Waals surface area contributed by atoms with E-state index < -0.39 is 11.5 Å². The first kappa shape index (κ1) is 28.6. The van der Waals surface area contributed by atoms with Crippen LogP contribution in [0.2, 0.25) is 0 Å². The lowest BCUT2D eigenvalue weighted by Gasteiger charge is -2.45. The van der Waals surface area contributed by atoms with Crippen LogP contribution in [0.15, 0.2) is 76.4 Å². The molecule has 220 valence electrons. The van der Waals surface area contributed by atoms with E-state index in [1.165, 1.54) is 0 Å². The average molecular weight is 635 g/mol. The van der Waals surface area contributed by atoms with E-state index in [0.717, 1.165) is 44.6 Å². The van der Waals surface area contributed by atoms with Crippen LogP contribution in [0.4, 0.5) is 4.79 Å². The van der Waals surface area contributed by atoms with Crippen LogP contribution in [0.3, 0.4) is 0 Å². The van der Waals surface area contributed by atoms with E-state index in [4.69, 9.17) is 14.3 Å². The number of nitrogens with zero attached hydrogens (tertiary/aromatic N) is 2. The average Bonchev–Trinajstić information content (AvgIpc) is 3.27. The first-order valence-electron chi connectivity index (χ1n) is 14.4. The summed E-state index contributed by atoms with van der Waals surface area (Å²) in [4.78, 5) is 21.2. The van der Waals surface area contributed by atoms with Gasteiger partial charge in [0.1, 0.15) is 28.7 Å². The molecule has 42 heavy (non-hydrogen) atoms. The fourth-order valence-corrected chi connectivity index (χ4v) is 7.52. The van der Waals surface area contributed by atoms with Crippen LogP contribution in [-0.2, 0) is 29.9 Å². The molecule has 1 fully saturated rings. The molecule has 2 amide bonds. The van der Waals surface area contributed by atoms with Crippen LogP contribution in [0.25, 0.3) is 0 Å². The smallest absolute Gasteiger partial charge is 0.318 e. The Balaban J connectivity index is 1.32. The van der Waals surface area contributed by atoms with Crippen molar-refractivity contribution in [1.82, 2.24) is 10.2 Å². The lowest BCUT2D eigenvalue weighted by Crippen LogP contribution is -2.54. The summed E-state index contributed by atoms with van der Waals surface area (Å²) in [6.07, 6.45) is 1.68. The zero-order valence-electron chi connectivity index (χ0n) is 23.9. The predicted octanol–water partition coefficient (Wildman–Crippen LogP) is 5.94. The van der Waals surface area contributed by atoms with E-state index >= 15 is 0 Å². The molecule has 9 heteroatoms. The van der Waals surface area contributed by atoms with Crippen LogP contribution in [0, 0.1) is 5.92 Å². The quantitative estimate of drug-likeness (QED) is 0.314. The van der Waals surface area contributed by atoms with Crippen LogP contribution in [0.5, 0.6) is 11.5 Å². The topological polar surface area (TPSA) is 92.6 Å². The second-order valence-electron chi connectivity index (χ2n) is 11.4. The molecule has 0 radical (unpaired) electrons. The third-order valence-electron chi connectivity index (χ3n) is 9.01. The number of urea groups is 1. The molecule has 1 spiro atoms. The first-order valence-corrected chi connectivity index (χ1v) is 15.2. The highest BCUT2D eigenvalue weighted by Gasteiger charge is 2.59. The Bertz CT molecular complexity index is 1470. The number of rotatable bonds is 7. The summed E-state index contributed by atoms with van der Waals surface area (Å²) in [5, 5.41) is 18.3. The van der Waals surface area contributed by atoms with Gasteiger partial charge in [0.25, 0.3) is 0 Å². The fraction of sp³-hybridized carbons (Fsp3) is 0.394. The first-order chi connectivity index (χ1) is 20.4. The van der Waals surface area contributed by atoms with Gasteiger partial charge >= 0.3 is 6.03 Å². The number of oxime groups is 1. The highest BCUT2D eigenvalue weighted by Crippen LogP contribution is 2.60. The molecule has 0 unspecified atom stereocenters. The zero-order valence-corrected chi connectivity index (χ0v) is 25.5. The number of carbonyl (C=O) groups is 1. The Morgan fingerprint density at radius 2 is 1.86 bits per heavy atom. The molecule has 2 aliphatic heterocycles. The number of amides is 2. The SMILES string of the molecule is COc1cc2c3c(c1Br)O[C@@H]1CC(=NOCc4ccccc4)C[C@@H](C)[C@]31C[C@@H](CO)N(C(=O)NCc1ccccc1)C2. The highest BCUT2D eigenvalue weighted by molar-refractivity contribution is 9.10. The van der Waals surface area contributed by atoms with E-state index in [0.29, 0.717) is 38.3 Å². The Labute approximate surface area is 254 Å². The number of aliphatic hydroxyl groups is 1. The number of hydrogen-bond donors (Lipinski definition) is 2. The number of hydrogen-bond acceptors (Lipinski definition) is 6. The van der Waals surface area contributed by atoms with Gasteiger partial charge in [-0.25, -0.2) is 4.79 Å². The molecule has 8 nitrogen and oxygen atoms in total. The second-order valence-corrected chi connectivity index (χ2v) is 12.2. The van der Waals surface area contributed by atoms with E-state index in [1.54, 1.807) is 12.0 Å². The number of halogens is 1. The van der Waals surface area contributed by atoms with Gasteiger partial charge in [0.05, 0.1) is 25.5 Å². The van der Waals surface area contributed by atoms with Crippen molar-refractivity contribution in [2.75, 3.05) is 13.7 Å². The van der Waals surface area contributed by atoms with Crippen molar-refractivity contribution >= 4 is 27.7 Å². The molecule has 6 rings (SSSR count). The molecule has 3 aromatic carbocycles. The van der Waals surface area contributed by atoms with Crippen LogP contribution in [0.1, 0.15) is 48.4 Å². The van der Waals surface area contributed by atoms with Crippen LogP contribution in [-0.4, -0.2) is 47.6 Å². The molecule has 0 bridgehead atoms. The summed E-state index contributed by atoms with van der Waals surface area (Å²) in [6.45, 7) is 3.22. The van der Waals surface area contributed by atoms with Gasteiger partial charge in [0, 0.05) is 30.5 Å². The number of carbonyl (C=O) groups excluding carboxylic acids is 1. The number of aliphatic hydroxyl groups excluding tert-OH is 1.